The molecule has 5 rings (SSSR count). The van der Waals surface area contributed by atoms with Crippen molar-refractivity contribution in [3.63, 3.8) is 0 Å². The number of halogens is 2. The highest BCUT2D eigenvalue weighted by Crippen LogP contribution is 2.63. The van der Waals surface area contributed by atoms with Crippen LogP contribution in [0.4, 0.5) is 8.78 Å². The van der Waals surface area contributed by atoms with Gasteiger partial charge in [-0.2, -0.15) is 8.42 Å². The average Bonchev–Trinajstić information content (AvgIpc) is 3.47. The van der Waals surface area contributed by atoms with Crippen LogP contribution in [0.2, 0.25) is 0 Å². The molecule has 5 unspecified atom stereocenters. The van der Waals surface area contributed by atoms with Crippen LogP contribution in [0.15, 0.2) is 99.6 Å². The Balaban J connectivity index is 1.64. The van der Waals surface area contributed by atoms with E-state index in [0.717, 1.165) is 46.7 Å². The van der Waals surface area contributed by atoms with Crippen LogP contribution >= 0.6 is 0 Å². The molecule has 3 aromatic rings. The Morgan fingerprint density at radius 2 is 1.45 bits per heavy atom. The molecule has 2 saturated carbocycles. The molecule has 0 amide bonds. The molecule has 1 N–H and O–H groups in total. The van der Waals surface area contributed by atoms with Crippen LogP contribution in [0, 0.1) is 11.8 Å². The number of benzene rings is 3. The molecule has 202 valence electrons. The lowest BCUT2D eigenvalue weighted by atomic mass is 9.81. The summed E-state index contributed by atoms with van der Waals surface area (Å²) in [5.74, 6) is -0.884. The Morgan fingerprint density at radius 3 is 1.89 bits per heavy atom. The lowest BCUT2D eigenvalue weighted by Crippen LogP contribution is -2.53. The highest BCUT2D eigenvalue weighted by atomic mass is 32.2. The number of alkyl halides is 2. The van der Waals surface area contributed by atoms with Crippen molar-refractivity contribution in [3.8, 4) is 0 Å². The van der Waals surface area contributed by atoms with E-state index < -0.39 is 58.3 Å². The van der Waals surface area contributed by atoms with Crippen molar-refractivity contribution in [3.05, 3.63) is 90.5 Å². The summed E-state index contributed by atoms with van der Waals surface area (Å²) in [6, 6.07) is 23.2. The molecule has 0 aliphatic heterocycles. The summed E-state index contributed by atoms with van der Waals surface area (Å²) in [5, 5.41) is -3.76. The first-order valence-electron chi connectivity index (χ1n) is 12.3. The van der Waals surface area contributed by atoms with Crippen molar-refractivity contribution in [1.29, 1.82) is 0 Å². The third-order valence-corrected chi connectivity index (χ3v) is 13.3. The number of rotatable bonds is 8. The van der Waals surface area contributed by atoms with Crippen LogP contribution in [-0.2, 0) is 35.9 Å². The molecule has 2 aliphatic carbocycles. The molecule has 38 heavy (non-hydrogen) atoms. The van der Waals surface area contributed by atoms with E-state index in [1.54, 1.807) is 0 Å². The summed E-state index contributed by atoms with van der Waals surface area (Å²) in [6.07, 6.45) is 0.741. The monoisotopic (exact) mass is 579 g/mol. The van der Waals surface area contributed by atoms with Gasteiger partial charge in [0, 0.05) is 24.2 Å². The summed E-state index contributed by atoms with van der Waals surface area (Å²) in [6.45, 7) is 0. The van der Waals surface area contributed by atoms with E-state index in [-0.39, 0.29) is 10.8 Å². The predicted molar refractivity (Wildman–Crippen MR) is 144 cm³/mol. The van der Waals surface area contributed by atoms with Crippen molar-refractivity contribution in [2.75, 3.05) is 6.26 Å². The predicted octanol–water partition coefficient (Wildman–Crippen LogP) is 5.73. The van der Waals surface area contributed by atoms with Gasteiger partial charge in [0.15, 0.2) is 25.8 Å². The normalized spacial score (nSPS) is 25.8. The molecular formula is C28H29F2O5S3+. The van der Waals surface area contributed by atoms with Gasteiger partial charge >= 0.3 is 10.1 Å². The second kappa shape index (κ2) is 9.73. The molecule has 0 aromatic heterocycles. The van der Waals surface area contributed by atoms with Gasteiger partial charge in [-0.25, -0.2) is 17.2 Å². The van der Waals surface area contributed by atoms with Gasteiger partial charge in [0.2, 0.25) is 0 Å². The molecule has 0 saturated heterocycles. The van der Waals surface area contributed by atoms with E-state index in [1.165, 1.54) is 0 Å². The molecule has 0 heterocycles. The van der Waals surface area contributed by atoms with E-state index in [4.69, 9.17) is 0 Å². The zero-order valence-electron chi connectivity index (χ0n) is 20.7. The number of hydrogen-bond acceptors (Lipinski definition) is 4. The van der Waals surface area contributed by atoms with Gasteiger partial charge in [-0.3, -0.25) is 4.55 Å². The minimum Gasteiger partial charge on any atom is -0.283 e. The van der Waals surface area contributed by atoms with Gasteiger partial charge in [-0.15, -0.1) is 0 Å². The standard InChI is InChI=1S/C28H28F2O5S3/c1-37(31,32)24-14-12-21(13-15-24)28(30,38(33,34)35)26(29)25-18-20-16-17-27(25,19-20)36(22-8-4-2-5-9-22)23-10-6-3-7-11-23/h2-15,20,25-26H,16-19H2,1H3/p+1. The summed E-state index contributed by atoms with van der Waals surface area (Å²) >= 11 is 0. The third kappa shape index (κ3) is 4.49. The van der Waals surface area contributed by atoms with E-state index in [9.17, 15) is 21.4 Å². The van der Waals surface area contributed by atoms with Crippen molar-refractivity contribution >= 4 is 30.9 Å². The fraction of sp³-hybridized carbons (Fsp3) is 0.357. The van der Waals surface area contributed by atoms with Gasteiger partial charge in [-0.05, 0) is 61.6 Å². The van der Waals surface area contributed by atoms with Gasteiger partial charge in [0.1, 0.15) is 4.75 Å². The second-order valence-corrected chi connectivity index (χ2v) is 16.2. The zero-order chi connectivity index (χ0) is 27.3. The maximum atomic E-state index is 16.7. The van der Waals surface area contributed by atoms with Crippen LogP contribution in [0.3, 0.4) is 0 Å². The Bertz CT molecular complexity index is 1480. The smallest absolute Gasteiger partial charge is 0.283 e. The molecule has 0 radical (unpaired) electrons. The van der Waals surface area contributed by atoms with E-state index in [2.05, 4.69) is 0 Å². The quantitative estimate of drug-likeness (QED) is 0.272. The third-order valence-electron chi connectivity index (χ3n) is 8.00. The summed E-state index contributed by atoms with van der Waals surface area (Å²) < 4.78 is 91.7. The van der Waals surface area contributed by atoms with Crippen LogP contribution in [0.5, 0.6) is 0 Å². The molecule has 5 nitrogen and oxygen atoms in total. The number of sulfone groups is 1. The first-order valence-corrected chi connectivity index (χ1v) is 16.9. The van der Waals surface area contributed by atoms with Gasteiger partial charge in [-0.1, -0.05) is 48.5 Å². The minimum absolute atomic E-state index is 0.110. The van der Waals surface area contributed by atoms with Crippen LogP contribution in [0.25, 0.3) is 0 Å². The Morgan fingerprint density at radius 1 is 0.921 bits per heavy atom. The number of fused-ring (bicyclic) bond motifs is 2. The largest absolute Gasteiger partial charge is 0.307 e. The van der Waals surface area contributed by atoms with Gasteiger partial charge in [0.05, 0.1) is 15.8 Å². The Labute approximate surface area is 225 Å². The summed E-state index contributed by atoms with van der Waals surface area (Å²) in [4.78, 5) is 1.76. The van der Waals surface area contributed by atoms with Crippen molar-refractivity contribution < 1.29 is 30.2 Å². The van der Waals surface area contributed by atoms with Crippen LogP contribution in [0.1, 0.15) is 31.2 Å². The van der Waals surface area contributed by atoms with Crippen molar-refractivity contribution in [2.24, 2.45) is 11.8 Å². The van der Waals surface area contributed by atoms with Crippen molar-refractivity contribution in [1.82, 2.24) is 0 Å². The molecule has 2 aliphatic rings. The Hall–Kier alpha value is -2.27. The van der Waals surface area contributed by atoms with Gasteiger partial charge < -0.3 is 0 Å². The molecule has 2 fully saturated rings. The fourth-order valence-electron chi connectivity index (χ4n) is 6.33. The highest BCUT2D eigenvalue weighted by molar-refractivity contribution is 7.98. The highest BCUT2D eigenvalue weighted by Gasteiger charge is 2.70. The lowest BCUT2D eigenvalue weighted by Gasteiger charge is -2.39. The van der Waals surface area contributed by atoms with Crippen LogP contribution in [-0.4, -0.2) is 38.6 Å². The fourth-order valence-corrected chi connectivity index (χ4v) is 11.2. The average molecular weight is 580 g/mol. The minimum atomic E-state index is -5.59. The van der Waals surface area contributed by atoms with Gasteiger partial charge in [0.25, 0.3) is 5.00 Å². The molecular weight excluding hydrogens is 551 g/mol. The summed E-state index contributed by atoms with van der Waals surface area (Å²) in [5.41, 5.74) is -0.628. The first kappa shape index (κ1) is 27.3. The van der Waals surface area contributed by atoms with E-state index >= 15 is 8.78 Å². The molecule has 2 bridgehead atoms. The zero-order valence-corrected chi connectivity index (χ0v) is 23.2. The SMILES string of the molecule is CS(=O)(=O)c1ccc(C(F)(C(F)C2CC3CCC2([S+](c2ccccc2)c2ccccc2)C3)S(=O)(=O)O)cc1. The van der Waals surface area contributed by atoms with Crippen molar-refractivity contribution in [2.45, 2.75) is 56.3 Å². The summed E-state index contributed by atoms with van der Waals surface area (Å²) in [7, 11) is -9.93. The van der Waals surface area contributed by atoms with E-state index in [1.807, 2.05) is 60.7 Å². The number of hydrogen-bond donors (Lipinski definition) is 1. The lowest BCUT2D eigenvalue weighted by molar-refractivity contribution is 0.0497. The molecule has 5 atom stereocenters. The molecule has 10 heteroatoms. The first-order chi connectivity index (χ1) is 17.9. The van der Waals surface area contributed by atoms with E-state index in [0.29, 0.717) is 19.3 Å². The maximum absolute atomic E-state index is 16.7. The topological polar surface area (TPSA) is 88.5 Å². The maximum Gasteiger partial charge on any atom is 0.307 e. The molecule has 3 aromatic carbocycles. The molecule has 0 spiro atoms. The second-order valence-electron chi connectivity index (χ2n) is 10.3. The Kier molecular flexibility index (Phi) is 6.99. The van der Waals surface area contributed by atoms with Crippen LogP contribution < -0.4 is 0 Å².